The number of nitrogens with zero attached hydrogens (tertiary/aromatic N) is 1. The molecular formula is C17H20N4O2. The van der Waals surface area contributed by atoms with E-state index in [9.17, 15) is 9.59 Å². The number of nitrogens with one attached hydrogen (secondary N) is 3. The van der Waals surface area contributed by atoms with Gasteiger partial charge in [-0.05, 0) is 50.6 Å². The van der Waals surface area contributed by atoms with E-state index in [4.69, 9.17) is 5.26 Å². The molecule has 1 aromatic rings. The number of rotatable bonds is 4. The predicted octanol–water partition coefficient (Wildman–Crippen LogP) is 1.46. The summed E-state index contributed by atoms with van der Waals surface area (Å²) in [6, 6.07) is 9.10. The van der Waals surface area contributed by atoms with Gasteiger partial charge in [0.25, 0.3) is 5.91 Å². The third-order valence-corrected chi connectivity index (χ3v) is 3.71. The van der Waals surface area contributed by atoms with Crippen LogP contribution < -0.4 is 16.0 Å². The molecule has 0 unspecified atom stereocenters. The van der Waals surface area contributed by atoms with Crippen LogP contribution in [0.3, 0.4) is 0 Å². The van der Waals surface area contributed by atoms with Crippen LogP contribution in [0.15, 0.2) is 36.0 Å². The molecule has 0 radical (unpaired) electrons. The Morgan fingerprint density at radius 2 is 2.09 bits per heavy atom. The summed E-state index contributed by atoms with van der Waals surface area (Å²) in [6.07, 6.45) is 2.71. The van der Waals surface area contributed by atoms with Crippen LogP contribution in [0.2, 0.25) is 0 Å². The maximum atomic E-state index is 12.1. The van der Waals surface area contributed by atoms with Gasteiger partial charge in [0.1, 0.15) is 11.6 Å². The fourth-order valence-corrected chi connectivity index (χ4v) is 2.42. The molecule has 1 heterocycles. The summed E-state index contributed by atoms with van der Waals surface area (Å²) in [7, 11) is 0. The molecule has 23 heavy (non-hydrogen) atoms. The molecule has 0 atom stereocenters. The van der Waals surface area contributed by atoms with Crippen molar-refractivity contribution in [3.05, 3.63) is 41.6 Å². The molecule has 0 saturated carbocycles. The smallest absolute Gasteiger partial charge is 0.267 e. The molecule has 1 aromatic carbocycles. The largest absolute Gasteiger partial charge is 0.331 e. The Labute approximate surface area is 135 Å². The van der Waals surface area contributed by atoms with Crippen molar-refractivity contribution in [3.63, 3.8) is 0 Å². The van der Waals surface area contributed by atoms with Gasteiger partial charge in [-0.1, -0.05) is 12.1 Å². The highest BCUT2D eigenvalue weighted by molar-refractivity contribution is 6.06. The van der Waals surface area contributed by atoms with Crippen molar-refractivity contribution >= 4 is 17.5 Å². The van der Waals surface area contributed by atoms with E-state index in [0.717, 1.165) is 31.5 Å². The number of hydrogen-bond donors (Lipinski definition) is 3. The Bertz CT molecular complexity index is 655. The number of hydrogen-bond acceptors (Lipinski definition) is 4. The van der Waals surface area contributed by atoms with Crippen molar-refractivity contribution in [3.8, 4) is 6.07 Å². The number of nitriles is 1. The highest BCUT2D eigenvalue weighted by atomic mass is 16.2. The van der Waals surface area contributed by atoms with Crippen molar-refractivity contribution in [2.45, 2.75) is 19.8 Å². The zero-order chi connectivity index (χ0) is 16.7. The van der Waals surface area contributed by atoms with E-state index in [1.165, 1.54) is 6.20 Å². The normalized spacial score (nSPS) is 15.6. The highest BCUT2D eigenvalue weighted by Crippen LogP contribution is 2.12. The van der Waals surface area contributed by atoms with Gasteiger partial charge in [-0.3, -0.25) is 9.59 Å². The Kier molecular flexibility index (Phi) is 5.89. The minimum absolute atomic E-state index is 0.0766. The summed E-state index contributed by atoms with van der Waals surface area (Å²) in [5.74, 6) is -0.765. The van der Waals surface area contributed by atoms with Crippen LogP contribution in [0.5, 0.6) is 0 Å². The van der Waals surface area contributed by atoms with Crippen LogP contribution in [-0.2, 0) is 9.59 Å². The number of carbonyl (C=O) groups is 2. The van der Waals surface area contributed by atoms with Gasteiger partial charge >= 0.3 is 0 Å². The molecule has 1 aliphatic heterocycles. The average Bonchev–Trinajstić information content (AvgIpc) is 2.56. The Morgan fingerprint density at radius 3 is 2.74 bits per heavy atom. The minimum Gasteiger partial charge on any atom is -0.331 e. The van der Waals surface area contributed by atoms with Gasteiger partial charge in [-0.15, -0.1) is 0 Å². The quantitative estimate of drug-likeness (QED) is 0.579. The van der Waals surface area contributed by atoms with Crippen molar-refractivity contribution in [1.82, 2.24) is 10.6 Å². The lowest BCUT2D eigenvalue weighted by molar-refractivity contribution is -0.124. The van der Waals surface area contributed by atoms with E-state index in [1.54, 1.807) is 12.1 Å². The number of amides is 2. The van der Waals surface area contributed by atoms with Gasteiger partial charge in [0.05, 0.1) is 0 Å². The van der Waals surface area contributed by atoms with Gasteiger partial charge in [-0.2, -0.15) is 5.26 Å². The van der Waals surface area contributed by atoms with Crippen LogP contribution in [0.4, 0.5) is 5.69 Å². The lowest BCUT2D eigenvalue weighted by atomic mass is 9.97. The molecule has 120 valence electrons. The van der Waals surface area contributed by atoms with Crippen molar-refractivity contribution in [2.24, 2.45) is 5.92 Å². The number of anilines is 1. The maximum absolute atomic E-state index is 12.1. The Morgan fingerprint density at radius 1 is 1.35 bits per heavy atom. The molecule has 0 bridgehead atoms. The van der Waals surface area contributed by atoms with Crippen LogP contribution in [0.1, 0.15) is 18.4 Å². The predicted molar refractivity (Wildman–Crippen MR) is 87.2 cm³/mol. The molecule has 0 aromatic heterocycles. The molecule has 3 N–H and O–H groups in total. The monoisotopic (exact) mass is 312 g/mol. The summed E-state index contributed by atoms with van der Waals surface area (Å²) in [5, 5.41) is 17.5. The number of aryl methyl sites for hydroxylation is 1. The minimum atomic E-state index is -0.538. The number of benzene rings is 1. The summed E-state index contributed by atoms with van der Waals surface area (Å²) in [4.78, 5) is 24.1. The molecule has 0 spiro atoms. The average molecular weight is 312 g/mol. The lowest BCUT2D eigenvalue weighted by Crippen LogP contribution is -2.36. The van der Waals surface area contributed by atoms with Crippen LogP contribution in [0, 0.1) is 24.2 Å². The van der Waals surface area contributed by atoms with Gasteiger partial charge in [0, 0.05) is 17.8 Å². The van der Waals surface area contributed by atoms with Gasteiger partial charge in [0.15, 0.2) is 0 Å². The first kappa shape index (κ1) is 16.7. The molecular weight excluding hydrogens is 292 g/mol. The molecule has 1 saturated heterocycles. The molecule has 0 aliphatic carbocycles. The van der Waals surface area contributed by atoms with Crippen LogP contribution in [0.25, 0.3) is 0 Å². The molecule has 1 aliphatic rings. The summed E-state index contributed by atoms with van der Waals surface area (Å²) < 4.78 is 0. The second kappa shape index (κ2) is 8.11. The van der Waals surface area contributed by atoms with E-state index < -0.39 is 5.91 Å². The fourth-order valence-electron chi connectivity index (χ4n) is 2.42. The summed E-state index contributed by atoms with van der Waals surface area (Å²) in [6.45, 7) is 3.53. The topological polar surface area (TPSA) is 94.0 Å². The van der Waals surface area contributed by atoms with Gasteiger partial charge < -0.3 is 16.0 Å². The summed E-state index contributed by atoms with van der Waals surface area (Å²) >= 11 is 0. The van der Waals surface area contributed by atoms with E-state index >= 15 is 0 Å². The fraction of sp³-hybridized carbons (Fsp3) is 0.353. The first-order chi connectivity index (χ1) is 11.1. The Balaban J connectivity index is 1.96. The first-order valence-electron chi connectivity index (χ1n) is 7.59. The van der Waals surface area contributed by atoms with Crippen LogP contribution >= 0.6 is 0 Å². The van der Waals surface area contributed by atoms with Gasteiger partial charge in [-0.25, -0.2) is 0 Å². The molecule has 2 amide bonds. The maximum Gasteiger partial charge on any atom is 0.267 e. The summed E-state index contributed by atoms with van der Waals surface area (Å²) in [5.41, 5.74) is 1.49. The van der Waals surface area contributed by atoms with E-state index in [1.807, 2.05) is 25.1 Å². The second-order valence-corrected chi connectivity index (χ2v) is 5.53. The Hall–Kier alpha value is -2.65. The van der Waals surface area contributed by atoms with Crippen molar-refractivity contribution in [1.29, 1.82) is 5.26 Å². The number of piperidine rings is 1. The van der Waals surface area contributed by atoms with Crippen molar-refractivity contribution in [2.75, 3.05) is 18.4 Å². The third-order valence-electron chi connectivity index (χ3n) is 3.71. The zero-order valence-corrected chi connectivity index (χ0v) is 13.1. The van der Waals surface area contributed by atoms with Gasteiger partial charge in [0.2, 0.25) is 5.91 Å². The SMILES string of the molecule is Cc1cccc(NC(=O)/C(C#N)=C\NC(=O)C2CCNCC2)c1. The van der Waals surface area contributed by atoms with Crippen molar-refractivity contribution < 1.29 is 9.59 Å². The molecule has 6 heteroatoms. The molecule has 1 fully saturated rings. The zero-order valence-electron chi connectivity index (χ0n) is 13.1. The standard InChI is InChI=1S/C17H20N4O2/c1-12-3-2-4-15(9-12)21-17(23)14(10-18)11-20-16(22)13-5-7-19-8-6-13/h2-4,9,11,13,19H,5-8H2,1H3,(H,20,22)(H,21,23)/b14-11-. The molecule has 2 rings (SSSR count). The molecule has 6 nitrogen and oxygen atoms in total. The van der Waals surface area contributed by atoms with Crippen LogP contribution in [-0.4, -0.2) is 24.9 Å². The van der Waals surface area contributed by atoms with E-state index in [2.05, 4.69) is 16.0 Å². The third kappa shape index (κ3) is 4.94. The number of carbonyl (C=O) groups excluding carboxylic acids is 2. The van der Waals surface area contributed by atoms with E-state index in [0.29, 0.717) is 5.69 Å². The highest BCUT2D eigenvalue weighted by Gasteiger charge is 2.20. The van der Waals surface area contributed by atoms with E-state index in [-0.39, 0.29) is 17.4 Å². The lowest BCUT2D eigenvalue weighted by Gasteiger charge is -2.20. The first-order valence-corrected chi connectivity index (χ1v) is 7.59. The second-order valence-electron chi connectivity index (χ2n) is 5.53.